The summed E-state index contributed by atoms with van der Waals surface area (Å²) in [5.74, 6) is 3.98. The molecule has 4 aliphatic rings. The highest BCUT2D eigenvalue weighted by Gasteiger charge is 2.50. The van der Waals surface area contributed by atoms with E-state index in [-0.39, 0.29) is 0 Å². The van der Waals surface area contributed by atoms with E-state index in [2.05, 4.69) is 47.1 Å². The Morgan fingerprint density at radius 1 is 0.960 bits per heavy atom. The zero-order valence-corrected chi connectivity index (χ0v) is 15.6. The van der Waals surface area contributed by atoms with Gasteiger partial charge in [0.15, 0.2) is 0 Å². The van der Waals surface area contributed by atoms with Crippen LogP contribution in [0.2, 0.25) is 0 Å². The molecule has 1 aromatic carbocycles. The van der Waals surface area contributed by atoms with Crippen molar-refractivity contribution in [2.45, 2.75) is 57.2 Å². The van der Waals surface area contributed by atoms with Crippen molar-refractivity contribution in [2.24, 2.45) is 17.8 Å². The van der Waals surface area contributed by atoms with Gasteiger partial charge in [-0.3, -0.25) is 0 Å². The number of rotatable bonds is 6. The number of hydrogen-bond donors (Lipinski definition) is 1. The van der Waals surface area contributed by atoms with E-state index in [1.54, 1.807) is 11.3 Å². The molecular weight excluding hydrogens is 326 g/mol. The van der Waals surface area contributed by atoms with E-state index in [0.29, 0.717) is 12.1 Å². The Morgan fingerprint density at radius 3 is 2.24 bits per heavy atom. The summed E-state index contributed by atoms with van der Waals surface area (Å²) in [5, 5.41) is 6.07. The lowest BCUT2D eigenvalue weighted by atomic mass is 9.53. The van der Waals surface area contributed by atoms with Crippen molar-refractivity contribution in [3.05, 3.63) is 52.2 Å². The zero-order valence-electron chi connectivity index (χ0n) is 14.7. The fraction of sp³-hybridized carbons (Fsp3) is 0.545. The molecule has 0 spiro atoms. The van der Waals surface area contributed by atoms with E-state index >= 15 is 0 Å². The minimum Gasteiger partial charge on any atom is -0.488 e. The predicted molar refractivity (Wildman–Crippen MR) is 103 cm³/mol. The Labute approximate surface area is 154 Å². The highest BCUT2D eigenvalue weighted by Crippen LogP contribution is 2.55. The van der Waals surface area contributed by atoms with Crippen LogP contribution in [0.4, 0.5) is 0 Å². The molecule has 3 heteroatoms. The number of nitrogens with one attached hydrogen (secondary N) is 1. The molecule has 4 bridgehead atoms. The van der Waals surface area contributed by atoms with Crippen LogP contribution in [0.25, 0.3) is 0 Å². The molecule has 4 fully saturated rings. The highest BCUT2D eigenvalue weighted by molar-refractivity contribution is 7.09. The Morgan fingerprint density at radius 2 is 1.64 bits per heavy atom. The van der Waals surface area contributed by atoms with Gasteiger partial charge in [-0.15, -0.1) is 11.3 Å². The van der Waals surface area contributed by atoms with Crippen LogP contribution in [0.3, 0.4) is 0 Å². The van der Waals surface area contributed by atoms with Crippen LogP contribution in [0, 0.1) is 17.8 Å². The smallest absolute Gasteiger partial charge is 0.122 e. The summed E-state index contributed by atoms with van der Waals surface area (Å²) in [6.07, 6.45) is 8.79. The fourth-order valence-electron chi connectivity index (χ4n) is 5.87. The summed E-state index contributed by atoms with van der Waals surface area (Å²) in [7, 11) is 0. The molecule has 4 saturated carbocycles. The van der Waals surface area contributed by atoms with Gasteiger partial charge < -0.3 is 10.1 Å². The SMILES string of the molecule is c1csc(COc2ccc(CNC34CC5CC(CC(C5)C3)C4)cc2)c1. The van der Waals surface area contributed by atoms with Crippen LogP contribution in [-0.2, 0) is 13.2 Å². The molecule has 0 saturated heterocycles. The third-order valence-corrected chi connectivity index (χ3v) is 7.44. The molecule has 0 atom stereocenters. The highest BCUT2D eigenvalue weighted by atomic mass is 32.1. The van der Waals surface area contributed by atoms with Gasteiger partial charge in [-0.05, 0) is 85.4 Å². The first kappa shape index (κ1) is 15.9. The topological polar surface area (TPSA) is 21.3 Å². The number of ether oxygens (including phenoxy) is 1. The zero-order chi connectivity index (χ0) is 16.7. The molecule has 1 N–H and O–H groups in total. The second-order valence-electron chi connectivity index (χ2n) is 8.56. The van der Waals surface area contributed by atoms with Gasteiger partial charge in [0.25, 0.3) is 0 Å². The maximum Gasteiger partial charge on any atom is 0.122 e. The summed E-state index contributed by atoms with van der Waals surface area (Å²) in [5.41, 5.74) is 1.82. The van der Waals surface area contributed by atoms with Crippen LogP contribution < -0.4 is 10.1 Å². The molecule has 2 nitrogen and oxygen atoms in total. The fourth-order valence-corrected chi connectivity index (χ4v) is 6.49. The minimum atomic E-state index is 0.448. The predicted octanol–water partition coefficient (Wildman–Crippen LogP) is 5.39. The molecule has 132 valence electrons. The molecule has 1 aromatic heterocycles. The van der Waals surface area contributed by atoms with Gasteiger partial charge in [0.1, 0.15) is 12.4 Å². The van der Waals surface area contributed by atoms with Gasteiger partial charge in [-0.1, -0.05) is 18.2 Å². The molecule has 0 amide bonds. The molecule has 0 radical (unpaired) electrons. The molecule has 0 unspecified atom stereocenters. The largest absolute Gasteiger partial charge is 0.488 e. The first-order valence-corrected chi connectivity index (χ1v) is 10.6. The monoisotopic (exact) mass is 353 g/mol. The first-order valence-electron chi connectivity index (χ1n) is 9.75. The average Bonchev–Trinajstić information content (AvgIpc) is 3.12. The Kier molecular flexibility index (Phi) is 4.10. The normalized spacial score (nSPS) is 32.9. The van der Waals surface area contributed by atoms with Crippen molar-refractivity contribution in [3.8, 4) is 5.75 Å². The van der Waals surface area contributed by atoms with Crippen molar-refractivity contribution < 1.29 is 4.74 Å². The third-order valence-electron chi connectivity index (χ3n) is 6.59. The lowest BCUT2D eigenvalue weighted by Gasteiger charge is -2.57. The van der Waals surface area contributed by atoms with Gasteiger partial charge in [0, 0.05) is 17.0 Å². The van der Waals surface area contributed by atoms with Gasteiger partial charge in [-0.2, -0.15) is 0 Å². The molecular formula is C22H27NOS. The molecule has 6 rings (SSSR count). The van der Waals surface area contributed by atoms with Crippen molar-refractivity contribution in [1.82, 2.24) is 5.32 Å². The molecule has 0 aliphatic heterocycles. The van der Waals surface area contributed by atoms with E-state index in [9.17, 15) is 0 Å². The summed E-state index contributed by atoms with van der Waals surface area (Å²) in [6.45, 7) is 1.67. The molecule has 4 aliphatic carbocycles. The van der Waals surface area contributed by atoms with Crippen molar-refractivity contribution >= 4 is 11.3 Å². The summed E-state index contributed by atoms with van der Waals surface area (Å²) >= 11 is 1.75. The maximum atomic E-state index is 5.87. The summed E-state index contributed by atoms with van der Waals surface area (Å²) in [4.78, 5) is 1.27. The lowest BCUT2D eigenvalue weighted by Crippen LogP contribution is -2.58. The van der Waals surface area contributed by atoms with Crippen LogP contribution in [0.1, 0.15) is 49.0 Å². The van der Waals surface area contributed by atoms with Crippen molar-refractivity contribution in [1.29, 1.82) is 0 Å². The van der Waals surface area contributed by atoms with Crippen molar-refractivity contribution in [3.63, 3.8) is 0 Å². The molecule has 1 heterocycles. The average molecular weight is 354 g/mol. The van der Waals surface area contributed by atoms with E-state index in [4.69, 9.17) is 4.74 Å². The summed E-state index contributed by atoms with van der Waals surface area (Å²) < 4.78 is 5.87. The lowest BCUT2D eigenvalue weighted by molar-refractivity contribution is -0.0206. The standard InChI is InChI=1S/C22H27NOS/c1-2-21(25-7-1)15-24-20-5-3-16(4-6-20)14-23-22-11-17-8-18(12-22)10-19(9-17)13-22/h1-7,17-19,23H,8-15H2. The van der Waals surface area contributed by atoms with E-state index in [1.165, 1.54) is 49.0 Å². The Bertz CT molecular complexity index is 671. The van der Waals surface area contributed by atoms with Crippen LogP contribution in [0.15, 0.2) is 41.8 Å². The second kappa shape index (κ2) is 6.44. The number of thiophene rings is 1. The second-order valence-corrected chi connectivity index (χ2v) is 9.60. The van der Waals surface area contributed by atoms with E-state index in [0.717, 1.165) is 30.0 Å². The Hall–Kier alpha value is -1.32. The van der Waals surface area contributed by atoms with Gasteiger partial charge in [-0.25, -0.2) is 0 Å². The minimum absolute atomic E-state index is 0.448. The van der Waals surface area contributed by atoms with Gasteiger partial charge >= 0.3 is 0 Å². The maximum absolute atomic E-state index is 5.87. The van der Waals surface area contributed by atoms with Gasteiger partial charge in [0.2, 0.25) is 0 Å². The molecule has 25 heavy (non-hydrogen) atoms. The summed E-state index contributed by atoms with van der Waals surface area (Å²) in [6, 6.07) is 12.9. The van der Waals surface area contributed by atoms with Crippen molar-refractivity contribution in [2.75, 3.05) is 0 Å². The third kappa shape index (κ3) is 3.37. The molecule has 2 aromatic rings. The number of benzene rings is 1. The number of hydrogen-bond acceptors (Lipinski definition) is 3. The van der Waals surface area contributed by atoms with Crippen LogP contribution >= 0.6 is 11.3 Å². The quantitative estimate of drug-likeness (QED) is 0.752. The Balaban J connectivity index is 1.18. The first-order chi connectivity index (χ1) is 12.3. The van der Waals surface area contributed by atoms with Crippen LogP contribution in [-0.4, -0.2) is 5.54 Å². The van der Waals surface area contributed by atoms with Gasteiger partial charge in [0.05, 0.1) is 0 Å². The van der Waals surface area contributed by atoms with E-state index in [1.807, 2.05) is 0 Å². The van der Waals surface area contributed by atoms with Crippen LogP contribution in [0.5, 0.6) is 5.75 Å². The van der Waals surface area contributed by atoms with E-state index < -0.39 is 0 Å².